The maximum atomic E-state index is 3.23. The minimum atomic E-state index is 0.906. The predicted molar refractivity (Wildman–Crippen MR) is 66.1 cm³/mol. The van der Waals surface area contributed by atoms with Gasteiger partial charge in [0.1, 0.15) is 0 Å². The Balaban J connectivity index is 2.84. The Bertz CT molecular complexity index is 394. The quantitative estimate of drug-likeness (QED) is 0.573. The summed E-state index contributed by atoms with van der Waals surface area (Å²) in [5.41, 5.74) is 5.09. The van der Waals surface area contributed by atoms with Crippen LogP contribution in [0.15, 0.2) is 12.1 Å². The Morgan fingerprint density at radius 2 is 1.73 bits per heavy atom. The third kappa shape index (κ3) is 3.42. The Labute approximate surface area is 92.9 Å². The van der Waals surface area contributed by atoms with Gasteiger partial charge < -0.3 is 5.32 Å². The molecule has 0 aliphatic rings. The molecule has 0 saturated carbocycles. The summed E-state index contributed by atoms with van der Waals surface area (Å²) in [4.78, 5) is 0. The van der Waals surface area contributed by atoms with Crippen molar-refractivity contribution in [2.75, 3.05) is 13.6 Å². The standard InChI is InChI=1S/C14H19N/c1-11-9-13(3)14(10-12(11)2)7-5-6-8-15-4/h9-10,15H,6,8H2,1-4H3. The molecule has 0 bridgehead atoms. The number of benzene rings is 1. The first-order chi connectivity index (χ1) is 7.15. The van der Waals surface area contributed by atoms with Crippen LogP contribution in [0.5, 0.6) is 0 Å². The van der Waals surface area contributed by atoms with E-state index in [4.69, 9.17) is 0 Å². The molecule has 1 aromatic carbocycles. The Morgan fingerprint density at radius 3 is 2.40 bits per heavy atom. The molecule has 0 aliphatic carbocycles. The lowest BCUT2D eigenvalue weighted by Gasteiger charge is -2.04. The van der Waals surface area contributed by atoms with Crippen molar-refractivity contribution in [1.29, 1.82) is 0 Å². The second kappa shape index (κ2) is 5.58. The summed E-state index contributed by atoms with van der Waals surface area (Å²) in [5.74, 6) is 6.40. The van der Waals surface area contributed by atoms with E-state index in [1.54, 1.807) is 0 Å². The molecule has 0 fully saturated rings. The molecule has 0 heterocycles. The van der Waals surface area contributed by atoms with Crippen molar-refractivity contribution in [3.05, 3.63) is 34.4 Å². The molecule has 0 aliphatic heterocycles. The van der Waals surface area contributed by atoms with E-state index in [0.717, 1.165) is 18.5 Å². The van der Waals surface area contributed by atoms with Crippen LogP contribution in [0.2, 0.25) is 0 Å². The molecule has 0 amide bonds. The van der Waals surface area contributed by atoms with Crippen LogP contribution in [0.1, 0.15) is 28.7 Å². The van der Waals surface area contributed by atoms with Gasteiger partial charge in [0.25, 0.3) is 0 Å². The summed E-state index contributed by atoms with van der Waals surface area (Å²) in [7, 11) is 1.95. The lowest BCUT2D eigenvalue weighted by Crippen LogP contribution is -2.05. The van der Waals surface area contributed by atoms with Gasteiger partial charge in [-0.15, -0.1) is 0 Å². The van der Waals surface area contributed by atoms with E-state index in [1.165, 1.54) is 16.7 Å². The SMILES string of the molecule is CNCCC#Cc1cc(C)c(C)cc1C. The maximum Gasteiger partial charge on any atom is 0.0277 e. The van der Waals surface area contributed by atoms with E-state index in [-0.39, 0.29) is 0 Å². The average molecular weight is 201 g/mol. The Hall–Kier alpha value is -1.26. The van der Waals surface area contributed by atoms with Gasteiger partial charge in [0.15, 0.2) is 0 Å². The van der Waals surface area contributed by atoms with E-state index in [1.807, 2.05) is 7.05 Å². The van der Waals surface area contributed by atoms with Crippen molar-refractivity contribution >= 4 is 0 Å². The predicted octanol–water partition coefficient (Wildman–Crippen LogP) is 2.57. The molecule has 15 heavy (non-hydrogen) atoms. The second-order valence-electron chi connectivity index (χ2n) is 3.91. The smallest absolute Gasteiger partial charge is 0.0277 e. The van der Waals surface area contributed by atoms with Crippen molar-refractivity contribution in [3.8, 4) is 11.8 Å². The van der Waals surface area contributed by atoms with Crippen molar-refractivity contribution in [1.82, 2.24) is 5.32 Å². The number of aryl methyl sites for hydroxylation is 3. The molecule has 0 saturated heterocycles. The monoisotopic (exact) mass is 201 g/mol. The Kier molecular flexibility index (Phi) is 4.39. The first kappa shape index (κ1) is 11.8. The molecule has 1 aromatic rings. The van der Waals surface area contributed by atoms with Gasteiger partial charge in [-0.25, -0.2) is 0 Å². The van der Waals surface area contributed by atoms with Gasteiger partial charge in [-0.3, -0.25) is 0 Å². The van der Waals surface area contributed by atoms with E-state index in [0.29, 0.717) is 0 Å². The molecule has 1 rings (SSSR count). The summed E-state index contributed by atoms with van der Waals surface area (Å²) in [6.45, 7) is 7.35. The molecule has 1 heteroatoms. The van der Waals surface area contributed by atoms with Crippen LogP contribution in [0.3, 0.4) is 0 Å². The molecule has 0 aromatic heterocycles. The average Bonchev–Trinajstić information content (AvgIpc) is 2.20. The number of hydrogen-bond donors (Lipinski definition) is 1. The molecular weight excluding hydrogens is 182 g/mol. The molecule has 1 N–H and O–H groups in total. The van der Waals surface area contributed by atoms with E-state index in [2.05, 4.69) is 50.1 Å². The minimum absolute atomic E-state index is 0.906. The highest BCUT2D eigenvalue weighted by molar-refractivity contribution is 5.45. The minimum Gasteiger partial charge on any atom is -0.319 e. The Morgan fingerprint density at radius 1 is 1.07 bits per heavy atom. The molecule has 0 atom stereocenters. The van der Waals surface area contributed by atoms with Gasteiger partial charge in [0, 0.05) is 18.5 Å². The van der Waals surface area contributed by atoms with Crippen molar-refractivity contribution in [2.45, 2.75) is 27.2 Å². The molecule has 0 radical (unpaired) electrons. The van der Waals surface area contributed by atoms with Crippen molar-refractivity contribution < 1.29 is 0 Å². The number of nitrogens with one attached hydrogen (secondary N) is 1. The van der Waals surface area contributed by atoms with Crippen LogP contribution in [0, 0.1) is 32.6 Å². The van der Waals surface area contributed by atoms with Crippen LogP contribution in [-0.4, -0.2) is 13.6 Å². The zero-order valence-corrected chi connectivity index (χ0v) is 10.1. The lowest BCUT2D eigenvalue weighted by atomic mass is 10.0. The third-order valence-corrected chi connectivity index (χ3v) is 2.56. The number of rotatable bonds is 2. The van der Waals surface area contributed by atoms with Crippen LogP contribution < -0.4 is 5.32 Å². The van der Waals surface area contributed by atoms with Crippen molar-refractivity contribution in [2.24, 2.45) is 0 Å². The molecular formula is C14H19N. The van der Waals surface area contributed by atoms with Gasteiger partial charge in [0.2, 0.25) is 0 Å². The summed E-state index contributed by atoms with van der Waals surface area (Å²) in [6.07, 6.45) is 0.906. The molecule has 80 valence electrons. The van der Waals surface area contributed by atoms with Crippen LogP contribution in [0.25, 0.3) is 0 Å². The van der Waals surface area contributed by atoms with Gasteiger partial charge in [0.05, 0.1) is 0 Å². The fourth-order valence-electron chi connectivity index (χ4n) is 1.44. The summed E-state index contributed by atoms with van der Waals surface area (Å²) >= 11 is 0. The zero-order chi connectivity index (χ0) is 11.3. The highest BCUT2D eigenvalue weighted by Crippen LogP contribution is 2.14. The fraction of sp³-hybridized carbons (Fsp3) is 0.429. The van der Waals surface area contributed by atoms with Crippen LogP contribution in [0.4, 0.5) is 0 Å². The zero-order valence-electron chi connectivity index (χ0n) is 10.1. The van der Waals surface area contributed by atoms with E-state index < -0.39 is 0 Å². The van der Waals surface area contributed by atoms with Crippen molar-refractivity contribution in [3.63, 3.8) is 0 Å². The normalized spacial score (nSPS) is 9.60. The summed E-state index contributed by atoms with van der Waals surface area (Å²) in [6, 6.07) is 4.38. The highest BCUT2D eigenvalue weighted by Gasteiger charge is 1.98. The van der Waals surface area contributed by atoms with E-state index >= 15 is 0 Å². The highest BCUT2D eigenvalue weighted by atomic mass is 14.8. The van der Waals surface area contributed by atoms with Crippen LogP contribution in [-0.2, 0) is 0 Å². The third-order valence-electron chi connectivity index (χ3n) is 2.56. The molecule has 0 spiro atoms. The first-order valence-corrected chi connectivity index (χ1v) is 5.36. The summed E-state index contributed by atoms with van der Waals surface area (Å²) < 4.78 is 0. The first-order valence-electron chi connectivity index (χ1n) is 5.36. The number of hydrogen-bond acceptors (Lipinski definition) is 1. The van der Waals surface area contributed by atoms with Gasteiger partial charge in [-0.1, -0.05) is 17.9 Å². The second-order valence-corrected chi connectivity index (χ2v) is 3.91. The summed E-state index contributed by atoms with van der Waals surface area (Å²) in [5, 5.41) is 3.09. The van der Waals surface area contributed by atoms with Crippen LogP contribution >= 0.6 is 0 Å². The van der Waals surface area contributed by atoms with Gasteiger partial charge in [-0.05, 0) is 50.6 Å². The van der Waals surface area contributed by atoms with Gasteiger partial charge >= 0.3 is 0 Å². The fourth-order valence-corrected chi connectivity index (χ4v) is 1.44. The van der Waals surface area contributed by atoms with Gasteiger partial charge in [-0.2, -0.15) is 0 Å². The molecule has 0 unspecified atom stereocenters. The maximum absolute atomic E-state index is 3.23. The van der Waals surface area contributed by atoms with E-state index in [9.17, 15) is 0 Å². The lowest BCUT2D eigenvalue weighted by molar-refractivity contribution is 0.818. The largest absolute Gasteiger partial charge is 0.319 e. The topological polar surface area (TPSA) is 12.0 Å². The molecule has 1 nitrogen and oxygen atoms in total.